The number of halogens is 1. The molecule has 0 bridgehead atoms. The number of alkyl halides is 1. The largest absolute Gasteiger partial charge is 0.441 e. The Morgan fingerprint density at radius 2 is 2.54 bits per heavy atom. The number of nitrogens with zero attached hydrogens (tertiary/aromatic N) is 1. The van der Waals surface area contributed by atoms with Gasteiger partial charge in [-0.05, 0) is 19.8 Å². The fourth-order valence-electron chi connectivity index (χ4n) is 1.44. The van der Waals surface area contributed by atoms with E-state index in [-0.39, 0.29) is 11.5 Å². The second-order valence-electron chi connectivity index (χ2n) is 3.22. The van der Waals surface area contributed by atoms with Gasteiger partial charge >= 0.3 is 0 Å². The van der Waals surface area contributed by atoms with Crippen LogP contribution in [0.25, 0.3) is 0 Å². The molecule has 0 amide bonds. The van der Waals surface area contributed by atoms with Gasteiger partial charge < -0.3 is 9.15 Å². The molecule has 1 saturated heterocycles. The lowest BCUT2D eigenvalue weighted by atomic mass is 10.2. The highest BCUT2D eigenvalue weighted by molar-refractivity contribution is 6.20. The smallest absolute Gasteiger partial charge is 0.212 e. The Morgan fingerprint density at radius 1 is 1.69 bits per heavy atom. The van der Waals surface area contributed by atoms with Crippen LogP contribution in [0.5, 0.6) is 0 Å². The van der Waals surface area contributed by atoms with E-state index in [1.165, 1.54) is 0 Å². The van der Waals surface area contributed by atoms with Crippen molar-refractivity contribution in [2.45, 2.75) is 31.2 Å². The monoisotopic (exact) mass is 201 g/mol. The molecule has 1 aromatic rings. The first-order valence-corrected chi connectivity index (χ1v) is 4.92. The second-order valence-corrected chi connectivity index (χ2v) is 3.87. The van der Waals surface area contributed by atoms with E-state index in [4.69, 9.17) is 20.8 Å². The van der Waals surface area contributed by atoms with Crippen LogP contribution in [0.2, 0.25) is 0 Å². The summed E-state index contributed by atoms with van der Waals surface area (Å²) in [5.41, 5.74) is 0. The van der Waals surface area contributed by atoms with Crippen LogP contribution in [0.3, 0.4) is 0 Å². The van der Waals surface area contributed by atoms with Crippen LogP contribution in [0, 0.1) is 0 Å². The molecule has 2 atom stereocenters. The molecule has 0 saturated carbocycles. The van der Waals surface area contributed by atoms with E-state index in [0.29, 0.717) is 5.89 Å². The fraction of sp³-hybridized carbons (Fsp3) is 0.667. The predicted octanol–water partition coefficient (Wildman–Crippen LogP) is 2.83. The Kier molecular flexibility index (Phi) is 2.56. The van der Waals surface area contributed by atoms with Crippen LogP contribution in [-0.4, -0.2) is 11.6 Å². The van der Waals surface area contributed by atoms with Crippen LogP contribution in [0.1, 0.15) is 42.9 Å². The van der Waals surface area contributed by atoms with Crippen molar-refractivity contribution >= 4 is 11.6 Å². The van der Waals surface area contributed by atoms with E-state index in [2.05, 4.69) is 4.98 Å². The Hall–Kier alpha value is -0.540. The molecule has 1 aliphatic rings. The Balaban J connectivity index is 2.12. The molecule has 0 N–H and O–H groups in total. The van der Waals surface area contributed by atoms with E-state index in [1.54, 1.807) is 6.20 Å². The number of oxazole rings is 1. The molecule has 1 aliphatic heterocycles. The molecule has 2 rings (SSSR count). The van der Waals surface area contributed by atoms with Gasteiger partial charge in [0.2, 0.25) is 5.89 Å². The first-order chi connectivity index (χ1) is 6.27. The Labute approximate surface area is 82.0 Å². The van der Waals surface area contributed by atoms with Crippen LogP contribution in [0.4, 0.5) is 0 Å². The molecule has 2 unspecified atom stereocenters. The zero-order valence-electron chi connectivity index (χ0n) is 7.50. The minimum Gasteiger partial charge on any atom is -0.441 e. The van der Waals surface area contributed by atoms with E-state index in [0.717, 1.165) is 25.2 Å². The Bertz CT molecular complexity index is 279. The van der Waals surface area contributed by atoms with Gasteiger partial charge in [0, 0.05) is 6.61 Å². The maximum atomic E-state index is 5.83. The number of rotatable bonds is 2. The molecule has 3 nitrogen and oxygen atoms in total. The van der Waals surface area contributed by atoms with Gasteiger partial charge in [-0.15, -0.1) is 11.6 Å². The standard InChI is InChI=1S/C9H12ClNO2/c1-6(10)9-11-5-8(13-9)7-3-2-4-12-7/h5-7H,2-4H2,1H3. The zero-order valence-corrected chi connectivity index (χ0v) is 8.25. The van der Waals surface area contributed by atoms with Crippen LogP contribution >= 0.6 is 11.6 Å². The van der Waals surface area contributed by atoms with Gasteiger partial charge in [0.1, 0.15) is 11.5 Å². The molecular formula is C9H12ClNO2. The SMILES string of the molecule is CC(Cl)c1ncc(C2CCCO2)o1. The highest BCUT2D eigenvalue weighted by Gasteiger charge is 2.22. The van der Waals surface area contributed by atoms with Crippen molar-refractivity contribution in [1.29, 1.82) is 0 Å². The zero-order chi connectivity index (χ0) is 9.26. The summed E-state index contributed by atoms with van der Waals surface area (Å²) in [6, 6.07) is 0. The van der Waals surface area contributed by atoms with Crippen LogP contribution in [0.15, 0.2) is 10.6 Å². The molecule has 2 heterocycles. The van der Waals surface area contributed by atoms with E-state index >= 15 is 0 Å². The van der Waals surface area contributed by atoms with Crippen molar-refractivity contribution in [3.05, 3.63) is 17.8 Å². The van der Waals surface area contributed by atoms with Gasteiger partial charge in [0.05, 0.1) is 6.20 Å². The fourth-order valence-corrected chi connectivity index (χ4v) is 1.54. The maximum Gasteiger partial charge on any atom is 0.212 e. The summed E-state index contributed by atoms with van der Waals surface area (Å²) in [6.07, 6.45) is 3.92. The molecule has 1 fully saturated rings. The normalized spacial score (nSPS) is 24.9. The quantitative estimate of drug-likeness (QED) is 0.691. The summed E-state index contributed by atoms with van der Waals surface area (Å²) in [5, 5.41) is -0.171. The first kappa shape index (κ1) is 9.03. The van der Waals surface area contributed by atoms with E-state index < -0.39 is 0 Å². The summed E-state index contributed by atoms with van der Waals surface area (Å²) in [4.78, 5) is 4.08. The lowest BCUT2D eigenvalue weighted by molar-refractivity contribution is 0.0925. The molecule has 72 valence electrons. The second kappa shape index (κ2) is 3.68. The minimum absolute atomic E-state index is 0.0941. The number of hydrogen-bond acceptors (Lipinski definition) is 3. The third-order valence-electron chi connectivity index (χ3n) is 2.13. The first-order valence-electron chi connectivity index (χ1n) is 4.48. The van der Waals surface area contributed by atoms with Crippen molar-refractivity contribution in [3.63, 3.8) is 0 Å². The molecule has 0 aliphatic carbocycles. The molecular weight excluding hydrogens is 190 g/mol. The van der Waals surface area contributed by atoms with Crippen LogP contribution in [-0.2, 0) is 4.74 Å². The topological polar surface area (TPSA) is 35.3 Å². The van der Waals surface area contributed by atoms with Crippen molar-refractivity contribution in [2.75, 3.05) is 6.61 Å². The van der Waals surface area contributed by atoms with Gasteiger partial charge in [-0.1, -0.05) is 0 Å². The summed E-state index contributed by atoms with van der Waals surface area (Å²) in [6.45, 7) is 2.66. The molecule has 1 aromatic heterocycles. The van der Waals surface area contributed by atoms with Gasteiger partial charge in [0.25, 0.3) is 0 Å². The maximum absolute atomic E-state index is 5.83. The number of aromatic nitrogens is 1. The number of hydrogen-bond donors (Lipinski definition) is 0. The Morgan fingerprint density at radius 3 is 3.08 bits per heavy atom. The predicted molar refractivity (Wildman–Crippen MR) is 48.7 cm³/mol. The molecule has 13 heavy (non-hydrogen) atoms. The lowest BCUT2D eigenvalue weighted by Crippen LogP contribution is -1.92. The van der Waals surface area contributed by atoms with Gasteiger partial charge in [0.15, 0.2) is 5.76 Å². The third-order valence-corrected chi connectivity index (χ3v) is 2.32. The van der Waals surface area contributed by atoms with Gasteiger partial charge in [-0.3, -0.25) is 0 Å². The molecule has 0 aromatic carbocycles. The summed E-state index contributed by atoms with van der Waals surface area (Å²) < 4.78 is 10.9. The minimum atomic E-state index is -0.171. The lowest BCUT2D eigenvalue weighted by Gasteiger charge is -2.03. The summed E-state index contributed by atoms with van der Waals surface area (Å²) >= 11 is 5.83. The highest BCUT2D eigenvalue weighted by atomic mass is 35.5. The van der Waals surface area contributed by atoms with E-state index in [1.807, 2.05) is 6.92 Å². The summed E-state index contributed by atoms with van der Waals surface area (Å²) in [5.74, 6) is 1.38. The van der Waals surface area contributed by atoms with Gasteiger partial charge in [-0.25, -0.2) is 4.98 Å². The average Bonchev–Trinajstić information content (AvgIpc) is 2.75. The molecule has 4 heteroatoms. The molecule has 0 radical (unpaired) electrons. The van der Waals surface area contributed by atoms with E-state index in [9.17, 15) is 0 Å². The van der Waals surface area contributed by atoms with Crippen molar-refractivity contribution in [1.82, 2.24) is 4.98 Å². The molecule has 0 spiro atoms. The summed E-state index contributed by atoms with van der Waals surface area (Å²) in [7, 11) is 0. The van der Waals surface area contributed by atoms with Crippen LogP contribution < -0.4 is 0 Å². The van der Waals surface area contributed by atoms with Crippen molar-refractivity contribution in [2.24, 2.45) is 0 Å². The van der Waals surface area contributed by atoms with Crippen molar-refractivity contribution in [3.8, 4) is 0 Å². The van der Waals surface area contributed by atoms with Gasteiger partial charge in [-0.2, -0.15) is 0 Å². The third kappa shape index (κ3) is 1.86. The van der Waals surface area contributed by atoms with Crippen molar-refractivity contribution < 1.29 is 9.15 Å². The number of ether oxygens (including phenoxy) is 1. The average molecular weight is 202 g/mol. The highest BCUT2D eigenvalue weighted by Crippen LogP contribution is 2.30.